The fourth-order valence-electron chi connectivity index (χ4n) is 3.25. The first-order valence-corrected chi connectivity index (χ1v) is 8.71. The quantitative estimate of drug-likeness (QED) is 0.603. The van der Waals surface area contributed by atoms with Crippen LogP contribution in [0.15, 0.2) is 45.7 Å². The Morgan fingerprint density at radius 2 is 2.00 bits per heavy atom. The Morgan fingerprint density at radius 3 is 2.77 bits per heavy atom. The molecule has 0 bridgehead atoms. The Kier molecular flexibility index (Phi) is 3.95. The molecule has 0 saturated carbocycles. The van der Waals surface area contributed by atoms with Gasteiger partial charge < -0.3 is 9.51 Å². The molecule has 26 heavy (non-hydrogen) atoms. The zero-order chi connectivity index (χ0) is 18.3. The molecule has 0 aliphatic carbocycles. The molecule has 0 aliphatic rings. The van der Waals surface area contributed by atoms with Crippen LogP contribution >= 0.6 is 0 Å². The molecule has 2 heterocycles. The molecule has 0 aliphatic heterocycles. The van der Waals surface area contributed by atoms with E-state index in [0.29, 0.717) is 18.3 Å². The van der Waals surface area contributed by atoms with Crippen molar-refractivity contribution in [1.29, 1.82) is 0 Å². The highest BCUT2D eigenvalue weighted by molar-refractivity contribution is 5.80. The van der Waals surface area contributed by atoms with Crippen molar-refractivity contribution in [3.8, 4) is 22.8 Å². The lowest BCUT2D eigenvalue weighted by Crippen LogP contribution is -2.16. The summed E-state index contributed by atoms with van der Waals surface area (Å²) < 4.78 is 7.21. The number of nitrogens with one attached hydrogen (secondary N) is 1. The van der Waals surface area contributed by atoms with Crippen LogP contribution in [-0.2, 0) is 6.54 Å². The molecule has 4 aromatic rings. The van der Waals surface area contributed by atoms with Crippen LogP contribution in [0.4, 0.5) is 0 Å². The molecule has 4 rings (SSSR count). The number of aromatic nitrogens is 4. The fraction of sp³-hybridized carbons (Fsp3) is 0.250. The molecule has 132 valence electrons. The van der Waals surface area contributed by atoms with Gasteiger partial charge >= 0.3 is 5.69 Å². The summed E-state index contributed by atoms with van der Waals surface area (Å²) in [6, 6.07) is 11.8. The largest absolute Gasteiger partial charge is 0.334 e. The number of hydrogen-bond acceptors (Lipinski definition) is 4. The van der Waals surface area contributed by atoms with E-state index in [1.165, 1.54) is 5.56 Å². The van der Waals surface area contributed by atoms with E-state index >= 15 is 0 Å². The number of benzene rings is 2. The van der Waals surface area contributed by atoms with Gasteiger partial charge in [-0.15, -0.1) is 0 Å². The van der Waals surface area contributed by atoms with E-state index in [2.05, 4.69) is 28.1 Å². The molecule has 0 unspecified atom stereocenters. The van der Waals surface area contributed by atoms with E-state index in [4.69, 9.17) is 4.52 Å². The Labute approximate surface area is 150 Å². The second-order valence-corrected chi connectivity index (χ2v) is 6.56. The van der Waals surface area contributed by atoms with Gasteiger partial charge in [-0.25, -0.2) is 4.79 Å². The zero-order valence-corrected chi connectivity index (χ0v) is 15.0. The number of hydrogen-bond donors (Lipinski definition) is 1. The number of imidazole rings is 1. The number of nitrogens with zero attached hydrogens (tertiary/aromatic N) is 3. The topological polar surface area (TPSA) is 76.7 Å². The number of fused-ring (bicyclic) bond motifs is 1. The molecule has 2 aromatic carbocycles. The van der Waals surface area contributed by atoms with Crippen molar-refractivity contribution >= 4 is 11.0 Å². The zero-order valence-electron chi connectivity index (χ0n) is 15.0. The minimum atomic E-state index is -0.0944. The summed E-state index contributed by atoms with van der Waals surface area (Å²) in [6.45, 7) is 6.82. The molecular formula is C20H20N4O2. The molecule has 6 heteroatoms. The number of aromatic amines is 1. The van der Waals surface area contributed by atoms with Crippen LogP contribution in [0.25, 0.3) is 33.9 Å². The normalized spacial score (nSPS) is 11.3. The Balaban J connectivity index is 1.74. The minimum Gasteiger partial charge on any atom is -0.334 e. The van der Waals surface area contributed by atoms with Crippen LogP contribution in [0.2, 0.25) is 0 Å². The highest BCUT2D eigenvalue weighted by Gasteiger charge is 2.14. The lowest BCUT2D eigenvalue weighted by atomic mass is 10.1. The van der Waals surface area contributed by atoms with Crippen LogP contribution in [0.3, 0.4) is 0 Å². The van der Waals surface area contributed by atoms with Crippen LogP contribution in [0, 0.1) is 13.8 Å². The first kappa shape index (κ1) is 16.3. The summed E-state index contributed by atoms with van der Waals surface area (Å²) >= 11 is 0. The van der Waals surface area contributed by atoms with E-state index in [9.17, 15) is 4.79 Å². The first-order chi connectivity index (χ1) is 12.6. The van der Waals surface area contributed by atoms with Crippen molar-refractivity contribution in [1.82, 2.24) is 19.7 Å². The molecule has 0 saturated heterocycles. The summed E-state index contributed by atoms with van der Waals surface area (Å²) in [7, 11) is 0. The predicted molar refractivity (Wildman–Crippen MR) is 101 cm³/mol. The highest BCUT2D eigenvalue weighted by atomic mass is 16.5. The molecule has 0 spiro atoms. The van der Waals surface area contributed by atoms with Crippen LogP contribution in [0.1, 0.15) is 24.5 Å². The number of H-pyrrole nitrogens is 1. The van der Waals surface area contributed by atoms with Crippen molar-refractivity contribution in [3.63, 3.8) is 0 Å². The predicted octanol–water partition coefficient (Wildman–Crippen LogP) is 4.07. The van der Waals surface area contributed by atoms with Crippen LogP contribution in [0.5, 0.6) is 0 Å². The Hall–Kier alpha value is -3.15. The van der Waals surface area contributed by atoms with Gasteiger partial charge in [0.15, 0.2) is 0 Å². The van der Waals surface area contributed by atoms with Gasteiger partial charge in [-0.05, 0) is 50.1 Å². The summed E-state index contributed by atoms with van der Waals surface area (Å²) in [5, 5.41) is 4.11. The SMILES string of the molecule is CCCn1c(=O)[nH]c2cc(-c3noc(-c4ccc(C)cc4C)n3)ccc21. The average Bonchev–Trinajstić information content (AvgIpc) is 3.20. The van der Waals surface area contributed by atoms with Crippen molar-refractivity contribution in [2.75, 3.05) is 0 Å². The standard InChI is InChI=1S/C20H20N4O2/c1-4-9-24-17-8-6-14(11-16(17)21-20(24)25)18-22-19(26-23-18)15-7-5-12(2)10-13(15)3/h5-8,10-11H,4,9H2,1-3H3,(H,21,25). The van der Waals surface area contributed by atoms with Crippen LogP contribution < -0.4 is 5.69 Å². The van der Waals surface area contributed by atoms with Crippen LogP contribution in [-0.4, -0.2) is 19.7 Å². The van der Waals surface area contributed by atoms with E-state index in [0.717, 1.165) is 34.1 Å². The van der Waals surface area contributed by atoms with Gasteiger partial charge in [0, 0.05) is 17.7 Å². The Bertz CT molecular complexity index is 1150. The summed E-state index contributed by atoms with van der Waals surface area (Å²) in [4.78, 5) is 19.5. The lowest BCUT2D eigenvalue weighted by molar-refractivity contribution is 0.432. The second kappa shape index (κ2) is 6.29. The molecule has 0 fully saturated rings. The minimum absolute atomic E-state index is 0.0944. The van der Waals surface area contributed by atoms with Crippen molar-refractivity contribution < 1.29 is 4.52 Å². The molecule has 6 nitrogen and oxygen atoms in total. The van der Waals surface area contributed by atoms with Crippen molar-refractivity contribution in [2.24, 2.45) is 0 Å². The molecule has 1 N–H and O–H groups in total. The van der Waals surface area contributed by atoms with E-state index in [1.807, 2.05) is 44.2 Å². The van der Waals surface area contributed by atoms with Gasteiger partial charge in [-0.3, -0.25) is 4.57 Å². The summed E-state index contributed by atoms with van der Waals surface area (Å²) in [5.41, 5.74) is 5.59. The lowest BCUT2D eigenvalue weighted by Gasteiger charge is -2.01. The fourth-order valence-corrected chi connectivity index (χ4v) is 3.25. The third-order valence-corrected chi connectivity index (χ3v) is 4.52. The third kappa shape index (κ3) is 2.73. The third-order valence-electron chi connectivity index (χ3n) is 4.52. The Morgan fingerprint density at radius 1 is 1.15 bits per heavy atom. The van der Waals surface area contributed by atoms with Gasteiger partial charge in [-0.2, -0.15) is 4.98 Å². The van der Waals surface area contributed by atoms with Gasteiger partial charge in [0.05, 0.1) is 11.0 Å². The second-order valence-electron chi connectivity index (χ2n) is 6.56. The van der Waals surface area contributed by atoms with E-state index < -0.39 is 0 Å². The van der Waals surface area contributed by atoms with Crippen molar-refractivity contribution in [2.45, 2.75) is 33.7 Å². The molecule has 0 atom stereocenters. The molecule has 2 aromatic heterocycles. The maximum atomic E-state index is 12.1. The smallest absolute Gasteiger partial charge is 0.326 e. The molecular weight excluding hydrogens is 328 g/mol. The van der Waals surface area contributed by atoms with Crippen molar-refractivity contribution in [3.05, 3.63) is 58.0 Å². The van der Waals surface area contributed by atoms with E-state index in [1.54, 1.807) is 4.57 Å². The van der Waals surface area contributed by atoms with Gasteiger partial charge in [0.2, 0.25) is 5.82 Å². The van der Waals surface area contributed by atoms with Gasteiger partial charge in [0.25, 0.3) is 5.89 Å². The summed E-state index contributed by atoms with van der Waals surface area (Å²) in [6.07, 6.45) is 0.902. The maximum Gasteiger partial charge on any atom is 0.326 e. The maximum absolute atomic E-state index is 12.1. The number of aryl methyl sites for hydroxylation is 3. The van der Waals surface area contributed by atoms with E-state index in [-0.39, 0.29) is 5.69 Å². The van der Waals surface area contributed by atoms with Gasteiger partial charge in [-0.1, -0.05) is 29.8 Å². The highest BCUT2D eigenvalue weighted by Crippen LogP contribution is 2.26. The average molecular weight is 348 g/mol. The molecule has 0 radical (unpaired) electrons. The van der Waals surface area contributed by atoms with Gasteiger partial charge in [0.1, 0.15) is 0 Å². The summed E-state index contributed by atoms with van der Waals surface area (Å²) in [5.74, 6) is 1.00. The molecule has 0 amide bonds. The monoisotopic (exact) mass is 348 g/mol. The number of rotatable bonds is 4. The first-order valence-electron chi connectivity index (χ1n) is 8.71.